The Morgan fingerprint density at radius 1 is 0.840 bits per heavy atom. The van der Waals surface area contributed by atoms with Crippen LogP contribution in [0.5, 0.6) is 0 Å². The second kappa shape index (κ2) is 27.8. The SMILES string of the molecule is CC(=O)c1c(C)c2cnc(Nc3ccc(N4CCN(CC(=O)NCCOCCOCCOCCC(=O)NC(C(=O)N5CC(O)CC5C(=O)NC(C)c5ccc(-c6scnc6C)cc5)C(C)(C)C)CC4)cn3)nc2n(C2CCCC2)c1=O. The number of hydrogen-bond donors (Lipinski definition) is 5. The van der Waals surface area contributed by atoms with Crippen LogP contribution in [0.25, 0.3) is 21.5 Å². The molecule has 4 unspecified atom stereocenters. The van der Waals surface area contributed by atoms with E-state index in [-0.39, 0.29) is 92.5 Å². The van der Waals surface area contributed by atoms with Gasteiger partial charge in [0.25, 0.3) is 5.56 Å². The van der Waals surface area contributed by atoms with Crippen molar-refractivity contribution < 1.29 is 43.3 Å². The summed E-state index contributed by atoms with van der Waals surface area (Å²) in [4.78, 5) is 105. The number of pyridine rings is 2. The zero-order valence-corrected chi connectivity index (χ0v) is 48.4. The van der Waals surface area contributed by atoms with E-state index in [9.17, 15) is 33.9 Å². The molecule has 0 bridgehead atoms. The smallest absolute Gasteiger partial charge is 0.263 e. The van der Waals surface area contributed by atoms with Crippen LogP contribution >= 0.6 is 11.3 Å². The normalized spacial score (nSPS) is 17.8. The van der Waals surface area contributed by atoms with Gasteiger partial charge in [-0.2, -0.15) is 4.98 Å². The summed E-state index contributed by atoms with van der Waals surface area (Å²) < 4.78 is 18.6. The largest absolute Gasteiger partial charge is 0.391 e. The number of β-amino-alcohol motifs (C(OH)–C–C–N with tert-alkyl or cyclic N) is 1. The number of amides is 4. The van der Waals surface area contributed by atoms with Gasteiger partial charge >= 0.3 is 0 Å². The number of hydrogen-bond acceptors (Lipinski definition) is 18. The number of carbonyl (C=O) groups excluding carboxylic acids is 5. The lowest BCUT2D eigenvalue weighted by Crippen LogP contribution is -2.58. The summed E-state index contributed by atoms with van der Waals surface area (Å²) in [6, 6.07) is 9.54. The molecule has 6 heterocycles. The number of nitrogens with zero attached hydrogens (tertiary/aromatic N) is 8. The summed E-state index contributed by atoms with van der Waals surface area (Å²) in [5.41, 5.74) is 5.97. The zero-order valence-electron chi connectivity index (χ0n) is 47.6. The van der Waals surface area contributed by atoms with Gasteiger partial charge in [0.15, 0.2) is 5.78 Å². The molecule has 3 fully saturated rings. The van der Waals surface area contributed by atoms with E-state index < -0.39 is 29.5 Å². The number of aliphatic hydroxyl groups excluding tert-OH is 1. The number of aliphatic hydroxyl groups is 1. The van der Waals surface area contributed by atoms with Crippen LogP contribution in [-0.2, 0) is 33.4 Å². The van der Waals surface area contributed by atoms with Crippen molar-refractivity contribution >= 4 is 69.2 Å². The lowest BCUT2D eigenvalue weighted by atomic mass is 9.85. The van der Waals surface area contributed by atoms with E-state index in [4.69, 9.17) is 19.2 Å². The third kappa shape index (κ3) is 15.6. The average Bonchev–Trinajstić information content (AvgIpc) is 4.30. The van der Waals surface area contributed by atoms with Crippen LogP contribution in [0.4, 0.5) is 17.5 Å². The molecule has 5 aromatic rings. The van der Waals surface area contributed by atoms with Crippen LogP contribution in [0, 0.1) is 19.3 Å². The predicted octanol–water partition coefficient (Wildman–Crippen LogP) is 5.04. The van der Waals surface area contributed by atoms with Gasteiger partial charge in [-0.1, -0.05) is 57.9 Å². The fraction of sp³-hybridized carbons (Fsp3) is 0.552. The van der Waals surface area contributed by atoms with Gasteiger partial charge in [-0.05, 0) is 74.8 Å². The van der Waals surface area contributed by atoms with E-state index in [2.05, 4.69) is 46.0 Å². The molecule has 0 radical (unpaired) electrons. The topological polar surface area (TPSA) is 265 Å². The number of ketones is 1. The third-order valence-electron chi connectivity index (χ3n) is 15.2. The summed E-state index contributed by atoms with van der Waals surface area (Å²) in [5, 5.41) is 23.3. The summed E-state index contributed by atoms with van der Waals surface area (Å²) in [6.07, 6.45) is 6.44. The molecule has 22 nitrogen and oxygen atoms in total. The molecule has 0 spiro atoms. The van der Waals surface area contributed by atoms with Gasteiger partial charge in [0.1, 0.15) is 23.5 Å². The van der Waals surface area contributed by atoms with Crippen molar-refractivity contribution in [2.75, 3.05) is 95.7 Å². The van der Waals surface area contributed by atoms with Gasteiger partial charge in [0, 0.05) is 69.7 Å². The number of carbonyl (C=O) groups is 5. The number of thiazole rings is 1. The van der Waals surface area contributed by atoms with Gasteiger partial charge in [0.2, 0.25) is 29.6 Å². The molecule has 4 atom stereocenters. The predicted molar refractivity (Wildman–Crippen MR) is 309 cm³/mol. The number of fused-ring (bicyclic) bond motifs is 1. The van der Waals surface area contributed by atoms with Crippen LogP contribution in [0.3, 0.4) is 0 Å². The van der Waals surface area contributed by atoms with Crippen molar-refractivity contribution in [3.8, 4) is 10.4 Å². The Kier molecular flexibility index (Phi) is 20.7. The molecule has 436 valence electrons. The van der Waals surface area contributed by atoms with E-state index >= 15 is 0 Å². The Hall–Kier alpha value is -6.76. The van der Waals surface area contributed by atoms with Crippen LogP contribution < -0.4 is 31.7 Å². The van der Waals surface area contributed by atoms with Crippen molar-refractivity contribution in [3.05, 3.63) is 87.0 Å². The number of benzene rings is 1. The summed E-state index contributed by atoms with van der Waals surface area (Å²) >= 11 is 1.57. The fourth-order valence-corrected chi connectivity index (χ4v) is 11.5. The molecular weight excluding hydrogens is 1060 g/mol. The van der Waals surface area contributed by atoms with Crippen molar-refractivity contribution in [1.29, 1.82) is 0 Å². The van der Waals surface area contributed by atoms with Crippen LogP contribution in [0.1, 0.15) is 112 Å². The van der Waals surface area contributed by atoms with Crippen molar-refractivity contribution in [2.45, 2.75) is 117 Å². The van der Waals surface area contributed by atoms with E-state index in [0.29, 0.717) is 67.8 Å². The second-order valence-electron chi connectivity index (χ2n) is 22.2. The zero-order chi connectivity index (χ0) is 57.8. The van der Waals surface area contributed by atoms with E-state index in [1.807, 2.05) is 76.5 Å². The van der Waals surface area contributed by atoms with Crippen LogP contribution in [0.2, 0.25) is 0 Å². The fourth-order valence-electron chi connectivity index (χ4n) is 10.7. The summed E-state index contributed by atoms with van der Waals surface area (Å²) in [7, 11) is 0. The molecule has 81 heavy (non-hydrogen) atoms. The van der Waals surface area contributed by atoms with E-state index in [1.165, 1.54) is 11.8 Å². The first-order chi connectivity index (χ1) is 38.9. The minimum atomic E-state index is -0.951. The number of likely N-dealkylation sites (tertiary alicyclic amines) is 1. The molecular formula is C58H78N12O10S. The number of anilines is 3. The first-order valence-corrected chi connectivity index (χ1v) is 29.0. The van der Waals surface area contributed by atoms with Gasteiger partial charge in [-0.15, -0.1) is 11.3 Å². The van der Waals surface area contributed by atoms with Gasteiger partial charge in [-0.25, -0.2) is 15.0 Å². The Balaban J connectivity index is 0.663. The minimum absolute atomic E-state index is 0.00731. The number of rotatable bonds is 25. The first-order valence-electron chi connectivity index (χ1n) is 28.1. The molecule has 4 amide bonds. The Morgan fingerprint density at radius 3 is 2.17 bits per heavy atom. The molecule has 2 saturated heterocycles. The standard InChI is InChI=1S/C58H78N12O10S/c1-36-45-32-61-57(66-53(45)70(42-10-8-9-11-42)55(76)50(36)39(4)71)64-47-17-16-43(31-60-47)68-22-20-67(21-23-68)34-49(74)59-19-25-79-27-29-80-28-26-78-24-18-48(73)65-52(58(5,6)7)56(77)69-33-44(72)30-46(69)54(75)63-37(2)40-12-14-41(15-13-40)51-38(3)62-35-81-51/h12-17,31-32,35,37,42,44,46,52,72H,8-11,18-30,33-34H2,1-7H3,(H,59,74)(H,63,75)(H,65,73)(H,60,61,64,66). The molecule has 1 saturated carbocycles. The van der Waals surface area contributed by atoms with Crippen LogP contribution in [-0.4, -0.2) is 172 Å². The highest BCUT2D eigenvalue weighted by Gasteiger charge is 2.45. The van der Waals surface area contributed by atoms with Crippen LogP contribution in [0.15, 0.2) is 59.1 Å². The van der Waals surface area contributed by atoms with E-state index in [0.717, 1.165) is 66.2 Å². The molecule has 5 N–H and O–H groups in total. The summed E-state index contributed by atoms with van der Waals surface area (Å²) in [5.74, 6) is -0.665. The maximum Gasteiger partial charge on any atom is 0.263 e. The molecule has 8 rings (SSSR count). The summed E-state index contributed by atoms with van der Waals surface area (Å²) in [6.45, 7) is 17.7. The Bertz CT molecular complexity index is 3040. The van der Waals surface area contributed by atoms with Gasteiger partial charge < -0.3 is 50.4 Å². The minimum Gasteiger partial charge on any atom is -0.391 e. The van der Waals surface area contributed by atoms with E-state index in [1.54, 1.807) is 35.2 Å². The monoisotopic (exact) mass is 1130 g/mol. The van der Waals surface area contributed by atoms with Gasteiger partial charge in [-0.3, -0.25) is 38.2 Å². The quantitative estimate of drug-likeness (QED) is 0.0379. The van der Waals surface area contributed by atoms with Crippen molar-refractivity contribution in [3.63, 3.8) is 0 Å². The number of Topliss-reactive ketones (excluding diaryl/α,β-unsaturated/α-hetero) is 1. The van der Waals surface area contributed by atoms with Gasteiger partial charge in [0.05, 0.1) is 91.9 Å². The number of piperazine rings is 1. The van der Waals surface area contributed by atoms with Crippen molar-refractivity contribution in [1.82, 2.24) is 50.3 Å². The number of aromatic nitrogens is 5. The number of aryl methyl sites for hydroxylation is 2. The lowest BCUT2D eigenvalue weighted by molar-refractivity contribution is -0.144. The molecule has 1 aliphatic carbocycles. The Morgan fingerprint density at radius 2 is 1.53 bits per heavy atom. The maximum absolute atomic E-state index is 14.1. The highest BCUT2D eigenvalue weighted by atomic mass is 32.1. The third-order valence-corrected chi connectivity index (χ3v) is 16.2. The average molecular weight is 1140 g/mol. The maximum atomic E-state index is 14.1. The first kappa shape index (κ1) is 60.3. The highest BCUT2D eigenvalue weighted by Crippen LogP contribution is 2.33. The number of nitrogens with one attached hydrogen (secondary N) is 4. The Labute approximate surface area is 476 Å². The molecule has 2 aliphatic heterocycles. The molecule has 1 aromatic carbocycles. The molecule has 23 heteroatoms. The number of ether oxygens (including phenoxy) is 3. The second-order valence-corrected chi connectivity index (χ2v) is 23.1. The highest BCUT2D eigenvalue weighted by molar-refractivity contribution is 7.13. The molecule has 4 aromatic heterocycles. The molecule has 3 aliphatic rings. The van der Waals surface area contributed by atoms with Crippen molar-refractivity contribution in [2.24, 2.45) is 5.41 Å². The lowest BCUT2D eigenvalue weighted by Gasteiger charge is -2.35.